The number of hydrogen-bond acceptors (Lipinski definition) is 3. The van der Waals surface area contributed by atoms with Gasteiger partial charge in [-0.05, 0) is 56.2 Å². The topological polar surface area (TPSA) is 61.9 Å². The molecule has 0 amide bonds. The van der Waals surface area contributed by atoms with Gasteiger partial charge in [0.2, 0.25) is 0 Å². The fourth-order valence-corrected chi connectivity index (χ4v) is 2.56. The lowest BCUT2D eigenvalue weighted by atomic mass is 10.1. The molecule has 0 aromatic heterocycles. The van der Waals surface area contributed by atoms with Gasteiger partial charge in [0.25, 0.3) is 0 Å². The largest absolute Gasteiger partial charge is 0.409 e. The lowest BCUT2D eigenvalue weighted by molar-refractivity contribution is 0.318. The molecule has 0 radical (unpaired) electrons. The minimum Gasteiger partial charge on any atom is -0.409 e. The SMILES string of the molecule is Cc1ccc(C(N)=NO)c(N(CC2CC2)C2CC2)c1. The van der Waals surface area contributed by atoms with Crippen molar-refractivity contribution >= 4 is 11.5 Å². The Morgan fingerprint density at radius 3 is 2.68 bits per heavy atom. The Hall–Kier alpha value is -1.71. The van der Waals surface area contributed by atoms with Crippen molar-refractivity contribution in [2.75, 3.05) is 11.4 Å². The second-order valence-corrected chi connectivity index (χ2v) is 5.83. The molecule has 1 aromatic carbocycles. The Kier molecular flexibility index (Phi) is 3.09. The summed E-state index contributed by atoms with van der Waals surface area (Å²) in [4.78, 5) is 2.47. The highest BCUT2D eigenvalue weighted by Crippen LogP contribution is 2.39. The summed E-state index contributed by atoms with van der Waals surface area (Å²) in [6, 6.07) is 6.78. The molecule has 4 heteroatoms. The molecule has 2 aliphatic rings. The van der Waals surface area contributed by atoms with Crippen LogP contribution in [-0.4, -0.2) is 23.6 Å². The maximum atomic E-state index is 8.96. The molecule has 2 fully saturated rings. The third-order valence-corrected chi connectivity index (χ3v) is 3.99. The molecule has 0 bridgehead atoms. The number of anilines is 1. The third-order valence-electron chi connectivity index (χ3n) is 3.99. The van der Waals surface area contributed by atoms with E-state index in [9.17, 15) is 0 Å². The molecular formula is C15H21N3O. The summed E-state index contributed by atoms with van der Waals surface area (Å²) < 4.78 is 0. The van der Waals surface area contributed by atoms with Crippen molar-refractivity contribution in [3.8, 4) is 0 Å². The fourth-order valence-electron chi connectivity index (χ4n) is 2.56. The van der Waals surface area contributed by atoms with Crippen LogP contribution >= 0.6 is 0 Å². The van der Waals surface area contributed by atoms with Crippen LogP contribution in [0.5, 0.6) is 0 Å². The molecule has 2 aliphatic carbocycles. The molecule has 0 aliphatic heterocycles. The number of hydrogen-bond donors (Lipinski definition) is 2. The highest BCUT2D eigenvalue weighted by molar-refractivity contribution is 6.02. The van der Waals surface area contributed by atoms with Crippen LogP contribution in [0.2, 0.25) is 0 Å². The average molecular weight is 259 g/mol. The predicted molar refractivity (Wildman–Crippen MR) is 76.8 cm³/mol. The minimum atomic E-state index is 0.205. The lowest BCUT2D eigenvalue weighted by Crippen LogP contribution is -2.30. The fraction of sp³-hybridized carbons (Fsp3) is 0.533. The maximum Gasteiger partial charge on any atom is 0.172 e. The van der Waals surface area contributed by atoms with Crippen molar-refractivity contribution < 1.29 is 5.21 Å². The number of aryl methyl sites for hydroxylation is 1. The van der Waals surface area contributed by atoms with Crippen molar-refractivity contribution in [2.24, 2.45) is 16.8 Å². The zero-order valence-corrected chi connectivity index (χ0v) is 11.3. The van der Waals surface area contributed by atoms with Gasteiger partial charge < -0.3 is 15.8 Å². The van der Waals surface area contributed by atoms with Crippen molar-refractivity contribution in [2.45, 2.75) is 38.6 Å². The summed E-state index contributed by atoms with van der Waals surface area (Å²) in [7, 11) is 0. The second-order valence-electron chi connectivity index (χ2n) is 5.83. The number of nitrogens with zero attached hydrogens (tertiary/aromatic N) is 2. The summed E-state index contributed by atoms with van der Waals surface area (Å²) >= 11 is 0. The molecule has 0 saturated heterocycles. The Morgan fingerprint density at radius 2 is 2.11 bits per heavy atom. The van der Waals surface area contributed by atoms with Gasteiger partial charge in [-0.2, -0.15) is 0 Å². The standard InChI is InChI=1S/C15H21N3O/c1-10-2-7-13(15(16)17-19)14(8-10)18(12-5-6-12)9-11-3-4-11/h2,7-8,11-12,19H,3-6,9H2,1H3,(H2,16,17). The molecule has 0 atom stereocenters. The monoisotopic (exact) mass is 259 g/mol. The van der Waals surface area contributed by atoms with E-state index >= 15 is 0 Å². The summed E-state index contributed by atoms with van der Waals surface area (Å²) in [5, 5.41) is 12.1. The highest BCUT2D eigenvalue weighted by atomic mass is 16.4. The van der Waals surface area contributed by atoms with E-state index in [0.29, 0.717) is 6.04 Å². The van der Waals surface area contributed by atoms with Crippen LogP contribution in [0.3, 0.4) is 0 Å². The van der Waals surface area contributed by atoms with Gasteiger partial charge in [-0.15, -0.1) is 0 Å². The van der Waals surface area contributed by atoms with E-state index in [1.165, 1.54) is 31.2 Å². The summed E-state index contributed by atoms with van der Waals surface area (Å²) in [6.07, 6.45) is 5.20. The Bertz CT molecular complexity index is 504. The number of nitrogens with two attached hydrogens (primary N) is 1. The van der Waals surface area contributed by atoms with Crippen LogP contribution in [0, 0.1) is 12.8 Å². The molecular weight excluding hydrogens is 238 g/mol. The van der Waals surface area contributed by atoms with Crippen molar-refractivity contribution in [1.29, 1.82) is 0 Å². The third kappa shape index (κ3) is 2.67. The van der Waals surface area contributed by atoms with Gasteiger partial charge in [0, 0.05) is 23.8 Å². The van der Waals surface area contributed by atoms with E-state index in [-0.39, 0.29) is 5.84 Å². The van der Waals surface area contributed by atoms with Gasteiger partial charge in [-0.25, -0.2) is 0 Å². The van der Waals surface area contributed by atoms with Gasteiger partial charge in [0.15, 0.2) is 5.84 Å². The average Bonchev–Trinajstić information content (AvgIpc) is 3.27. The summed E-state index contributed by atoms with van der Waals surface area (Å²) in [5.74, 6) is 1.04. The second kappa shape index (κ2) is 4.76. The van der Waals surface area contributed by atoms with E-state index in [4.69, 9.17) is 10.9 Å². The van der Waals surface area contributed by atoms with Crippen LogP contribution in [0.25, 0.3) is 0 Å². The molecule has 1 aromatic rings. The number of amidine groups is 1. The molecule has 3 N–H and O–H groups in total. The van der Waals surface area contributed by atoms with Crippen LogP contribution in [0.1, 0.15) is 36.8 Å². The zero-order valence-electron chi connectivity index (χ0n) is 11.3. The first-order valence-electron chi connectivity index (χ1n) is 7.04. The zero-order chi connectivity index (χ0) is 13.4. The Morgan fingerprint density at radius 1 is 1.37 bits per heavy atom. The number of benzene rings is 1. The molecule has 2 saturated carbocycles. The first-order chi connectivity index (χ1) is 9.19. The van der Waals surface area contributed by atoms with E-state index in [0.717, 1.165) is 23.7 Å². The molecule has 0 unspecified atom stereocenters. The minimum absolute atomic E-state index is 0.205. The van der Waals surface area contributed by atoms with Crippen LogP contribution in [0.4, 0.5) is 5.69 Å². The Labute approximate surface area is 113 Å². The van der Waals surface area contributed by atoms with Crippen LogP contribution in [-0.2, 0) is 0 Å². The van der Waals surface area contributed by atoms with Crippen molar-refractivity contribution in [3.63, 3.8) is 0 Å². The molecule has 3 rings (SSSR count). The first kappa shape index (κ1) is 12.3. The first-order valence-corrected chi connectivity index (χ1v) is 7.04. The van der Waals surface area contributed by atoms with E-state index in [2.05, 4.69) is 23.0 Å². The number of rotatable bonds is 5. The van der Waals surface area contributed by atoms with Gasteiger partial charge in [-0.1, -0.05) is 11.2 Å². The molecule has 19 heavy (non-hydrogen) atoms. The van der Waals surface area contributed by atoms with Gasteiger partial charge >= 0.3 is 0 Å². The van der Waals surface area contributed by atoms with Crippen molar-refractivity contribution in [3.05, 3.63) is 29.3 Å². The molecule has 4 nitrogen and oxygen atoms in total. The molecule has 0 heterocycles. The lowest BCUT2D eigenvalue weighted by Gasteiger charge is -2.27. The summed E-state index contributed by atoms with van der Waals surface area (Å²) in [5.41, 5.74) is 9.01. The number of oxime groups is 1. The van der Waals surface area contributed by atoms with E-state index in [1.54, 1.807) is 0 Å². The maximum absolute atomic E-state index is 8.96. The van der Waals surface area contributed by atoms with E-state index in [1.807, 2.05) is 12.1 Å². The highest BCUT2D eigenvalue weighted by Gasteiger charge is 2.35. The van der Waals surface area contributed by atoms with Crippen LogP contribution in [0.15, 0.2) is 23.4 Å². The summed E-state index contributed by atoms with van der Waals surface area (Å²) in [6.45, 7) is 3.20. The predicted octanol–water partition coefficient (Wildman–Crippen LogP) is 2.47. The Balaban J connectivity index is 1.97. The van der Waals surface area contributed by atoms with Gasteiger partial charge in [0.1, 0.15) is 0 Å². The molecule has 0 spiro atoms. The quantitative estimate of drug-likeness (QED) is 0.369. The molecule has 102 valence electrons. The van der Waals surface area contributed by atoms with Crippen LogP contribution < -0.4 is 10.6 Å². The van der Waals surface area contributed by atoms with Gasteiger partial charge in [-0.3, -0.25) is 0 Å². The van der Waals surface area contributed by atoms with Crippen molar-refractivity contribution in [1.82, 2.24) is 0 Å². The van der Waals surface area contributed by atoms with E-state index < -0.39 is 0 Å². The van der Waals surface area contributed by atoms with Gasteiger partial charge in [0.05, 0.1) is 0 Å². The smallest absolute Gasteiger partial charge is 0.172 e. The normalized spacial score (nSPS) is 19.5.